The first kappa shape index (κ1) is 14.9. The van der Waals surface area contributed by atoms with Gasteiger partial charge in [0, 0.05) is 19.1 Å². The quantitative estimate of drug-likeness (QED) is 0.801. The van der Waals surface area contributed by atoms with Gasteiger partial charge < -0.3 is 4.74 Å². The van der Waals surface area contributed by atoms with E-state index in [4.69, 9.17) is 4.74 Å². The summed E-state index contributed by atoms with van der Waals surface area (Å²) in [7, 11) is 0. The van der Waals surface area contributed by atoms with E-state index in [1.54, 1.807) is 0 Å². The van der Waals surface area contributed by atoms with E-state index >= 15 is 0 Å². The topological polar surface area (TPSA) is 24.5 Å². The molecule has 0 aromatic heterocycles. The normalized spacial score (nSPS) is 22.4. The van der Waals surface area contributed by atoms with Crippen molar-refractivity contribution in [2.24, 2.45) is 5.41 Å². The van der Waals surface area contributed by atoms with E-state index in [0.29, 0.717) is 17.6 Å². The number of nitrogens with zero attached hydrogens (tertiary/aromatic N) is 1. The van der Waals surface area contributed by atoms with Crippen molar-refractivity contribution in [3.8, 4) is 0 Å². The van der Waals surface area contributed by atoms with Crippen LogP contribution in [-0.4, -0.2) is 43.4 Å². The van der Waals surface area contributed by atoms with Crippen molar-refractivity contribution in [1.82, 2.24) is 10.2 Å². The molecule has 0 spiro atoms. The van der Waals surface area contributed by atoms with E-state index in [1.165, 1.54) is 6.42 Å². The molecule has 0 aromatic rings. The van der Waals surface area contributed by atoms with Crippen molar-refractivity contribution in [3.05, 3.63) is 0 Å². The number of nitrogens with one attached hydrogen (secondary N) is 1. The molecule has 1 fully saturated rings. The third-order valence-electron chi connectivity index (χ3n) is 3.27. The van der Waals surface area contributed by atoms with Crippen LogP contribution in [-0.2, 0) is 4.74 Å². The lowest BCUT2D eigenvalue weighted by Gasteiger charge is -2.37. The molecular formula is C14H30N2O. The summed E-state index contributed by atoms with van der Waals surface area (Å²) in [6.45, 7) is 15.4. The Bertz CT molecular complexity index is 207. The average Bonchev–Trinajstić information content (AvgIpc) is 2.24. The molecule has 0 aromatic carbocycles. The van der Waals surface area contributed by atoms with Crippen LogP contribution in [0.15, 0.2) is 0 Å². The lowest BCUT2D eigenvalue weighted by molar-refractivity contribution is 0.00431. The van der Waals surface area contributed by atoms with Crippen molar-refractivity contribution in [2.75, 3.05) is 26.3 Å². The molecule has 0 radical (unpaired) electrons. The van der Waals surface area contributed by atoms with Gasteiger partial charge in [0.15, 0.2) is 0 Å². The Labute approximate surface area is 107 Å². The number of hydrogen-bond donors (Lipinski definition) is 1. The molecule has 0 aliphatic carbocycles. The van der Waals surface area contributed by atoms with Gasteiger partial charge in [-0.15, -0.1) is 0 Å². The zero-order valence-corrected chi connectivity index (χ0v) is 12.3. The first-order valence-electron chi connectivity index (χ1n) is 7.00. The molecule has 1 N–H and O–H groups in total. The van der Waals surface area contributed by atoms with Crippen molar-refractivity contribution >= 4 is 0 Å². The Hall–Kier alpha value is -0.120. The Morgan fingerprint density at radius 3 is 2.29 bits per heavy atom. The highest BCUT2D eigenvalue weighted by Crippen LogP contribution is 2.21. The Morgan fingerprint density at radius 1 is 1.24 bits per heavy atom. The lowest BCUT2D eigenvalue weighted by Crippen LogP contribution is -2.53. The molecular weight excluding hydrogens is 212 g/mol. The first-order valence-corrected chi connectivity index (χ1v) is 7.00. The second-order valence-corrected chi connectivity index (χ2v) is 6.40. The number of hydrogen-bond acceptors (Lipinski definition) is 3. The summed E-state index contributed by atoms with van der Waals surface area (Å²) in [5.74, 6) is 0. The number of rotatable bonds is 5. The van der Waals surface area contributed by atoms with Crippen LogP contribution < -0.4 is 5.32 Å². The maximum Gasteiger partial charge on any atom is 0.0598 e. The fourth-order valence-corrected chi connectivity index (χ4v) is 2.68. The summed E-state index contributed by atoms with van der Waals surface area (Å²) < 4.78 is 5.41. The average molecular weight is 242 g/mol. The van der Waals surface area contributed by atoms with Gasteiger partial charge >= 0.3 is 0 Å². The monoisotopic (exact) mass is 242 g/mol. The molecule has 1 saturated heterocycles. The lowest BCUT2D eigenvalue weighted by atomic mass is 9.88. The Morgan fingerprint density at radius 2 is 1.82 bits per heavy atom. The largest absolute Gasteiger partial charge is 0.379 e. The molecule has 102 valence electrons. The van der Waals surface area contributed by atoms with Crippen molar-refractivity contribution in [3.63, 3.8) is 0 Å². The Kier molecular flexibility index (Phi) is 5.90. The van der Waals surface area contributed by atoms with Gasteiger partial charge in [-0.3, -0.25) is 10.2 Å². The highest BCUT2D eigenvalue weighted by Gasteiger charge is 2.22. The zero-order chi connectivity index (χ0) is 12.9. The van der Waals surface area contributed by atoms with Crippen molar-refractivity contribution in [1.29, 1.82) is 0 Å². The van der Waals surface area contributed by atoms with Gasteiger partial charge in [-0.05, 0) is 25.2 Å². The molecule has 1 rings (SSSR count). The molecule has 0 bridgehead atoms. The smallest absolute Gasteiger partial charge is 0.0598 e. The molecule has 2 unspecified atom stereocenters. The van der Waals surface area contributed by atoms with Crippen LogP contribution in [0.2, 0.25) is 0 Å². The molecule has 1 heterocycles. The fourth-order valence-electron chi connectivity index (χ4n) is 2.68. The van der Waals surface area contributed by atoms with Gasteiger partial charge in [0.25, 0.3) is 0 Å². The third kappa shape index (κ3) is 5.84. The zero-order valence-electron chi connectivity index (χ0n) is 12.3. The van der Waals surface area contributed by atoms with Crippen LogP contribution in [0.3, 0.4) is 0 Å². The van der Waals surface area contributed by atoms with Crippen molar-refractivity contribution in [2.45, 2.75) is 59.7 Å². The summed E-state index contributed by atoms with van der Waals surface area (Å²) in [4.78, 5) is 2.52. The third-order valence-corrected chi connectivity index (χ3v) is 3.27. The van der Waals surface area contributed by atoms with Gasteiger partial charge in [-0.1, -0.05) is 27.7 Å². The van der Waals surface area contributed by atoms with Crippen LogP contribution in [0.4, 0.5) is 0 Å². The van der Waals surface area contributed by atoms with E-state index in [9.17, 15) is 0 Å². The second kappa shape index (κ2) is 6.72. The van der Waals surface area contributed by atoms with E-state index < -0.39 is 0 Å². The summed E-state index contributed by atoms with van der Waals surface area (Å²) in [5, 5.41) is 3.76. The van der Waals surface area contributed by atoms with Gasteiger partial charge in [0.2, 0.25) is 0 Å². The predicted octanol–water partition coefficient (Wildman–Crippen LogP) is 2.47. The molecule has 0 amide bonds. The minimum Gasteiger partial charge on any atom is -0.379 e. The van der Waals surface area contributed by atoms with Crippen LogP contribution in [0.5, 0.6) is 0 Å². The second-order valence-electron chi connectivity index (χ2n) is 6.40. The fraction of sp³-hybridized carbons (Fsp3) is 1.00. The molecule has 17 heavy (non-hydrogen) atoms. The maximum absolute atomic E-state index is 5.41. The minimum atomic E-state index is 0.399. The van der Waals surface area contributed by atoms with Gasteiger partial charge in [0.05, 0.1) is 19.4 Å². The first-order chi connectivity index (χ1) is 7.92. The summed E-state index contributed by atoms with van der Waals surface area (Å²) in [6.07, 6.45) is 2.89. The molecule has 3 heteroatoms. The van der Waals surface area contributed by atoms with Crippen molar-refractivity contribution < 1.29 is 4.74 Å². The van der Waals surface area contributed by atoms with Gasteiger partial charge in [0.1, 0.15) is 0 Å². The molecule has 2 atom stereocenters. The summed E-state index contributed by atoms with van der Waals surface area (Å²) >= 11 is 0. The molecule has 3 nitrogen and oxygen atoms in total. The standard InChI is InChI=1S/C14H30N2O/c1-6-13(16-7-9-17-10-8-16)15-12(2)11-14(3,4)5/h12-13,15H,6-11H2,1-5H3. The van der Waals surface area contributed by atoms with E-state index in [1.807, 2.05) is 0 Å². The predicted molar refractivity (Wildman–Crippen MR) is 73.1 cm³/mol. The highest BCUT2D eigenvalue weighted by molar-refractivity contribution is 4.77. The van der Waals surface area contributed by atoms with Crippen LogP contribution in [0.25, 0.3) is 0 Å². The maximum atomic E-state index is 5.41. The summed E-state index contributed by atoms with van der Waals surface area (Å²) in [6, 6.07) is 0.572. The van der Waals surface area contributed by atoms with Gasteiger partial charge in [-0.2, -0.15) is 0 Å². The molecule has 0 saturated carbocycles. The highest BCUT2D eigenvalue weighted by atomic mass is 16.5. The number of ether oxygens (including phenoxy) is 1. The van der Waals surface area contributed by atoms with Gasteiger partial charge in [-0.25, -0.2) is 0 Å². The van der Waals surface area contributed by atoms with Crippen LogP contribution in [0.1, 0.15) is 47.5 Å². The number of morpholine rings is 1. The van der Waals surface area contributed by atoms with E-state index in [2.05, 4.69) is 44.8 Å². The summed E-state index contributed by atoms with van der Waals surface area (Å²) in [5.41, 5.74) is 0.399. The minimum absolute atomic E-state index is 0.399. The van der Waals surface area contributed by atoms with E-state index in [-0.39, 0.29) is 0 Å². The van der Waals surface area contributed by atoms with Crippen LogP contribution in [0, 0.1) is 5.41 Å². The molecule has 1 aliphatic rings. The Balaban J connectivity index is 2.39. The van der Waals surface area contributed by atoms with Crippen LogP contribution >= 0.6 is 0 Å². The molecule has 1 aliphatic heterocycles. The SMILES string of the molecule is CCC(NC(C)CC(C)(C)C)N1CCOCC1. The van der Waals surface area contributed by atoms with E-state index in [0.717, 1.165) is 32.7 Å².